The molecule has 0 spiro atoms. The molecule has 0 aliphatic carbocycles. The lowest BCUT2D eigenvalue weighted by Gasteiger charge is -2.32. The Morgan fingerprint density at radius 1 is 1.11 bits per heavy atom. The topological polar surface area (TPSA) is 111 Å². The van der Waals surface area contributed by atoms with Crippen molar-refractivity contribution in [1.82, 2.24) is 4.31 Å². The number of anilines is 1. The minimum absolute atomic E-state index is 0.00160. The standard InChI is InChI=1S/C32H37BrN2O7S2/c1-4-17-40-27(36)20-41-29-28(33)30(43-31(29)32(37)42-19-22(2)3)24-11-8-12-26(18-24)34-25-13-15-35(16-14-25)44(38,39)21-23-9-6-5-7-10-23/h4-12,18,22,25,34H,1,13-17,19-21H2,2-3H3. The van der Waals surface area contributed by atoms with Gasteiger partial charge in [-0.2, -0.15) is 0 Å². The normalized spacial score (nSPS) is 14.3. The number of nitrogens with one attached hydrogen (secondary N) is 1. The van der Waals surface area contributed by atoms with Gasteiger partial charge in [0.15, 0.2) is 17.2 Å². The van der Waals surface area contributed by atoms with Crippen LogP contribution in [-0.4, -0.2) is 63.6 Å². The Bertz CT molecular complexity index is 1550. The van der Waals surface area contributed by atoms with E-state index >= 15 is 0 Å². The number of carbonyl (C=O) groups is 2. The molecule has 1 aromatic heterocycles. The van der Waals surface area contributed by atoms with Gasteiger partial charge < -0.3 is 19.5 Å². The van der Waals surface area contributed by atoms with Crippen LogP contribution < -0.4 is 10.1 Å². The predicted octanol–water partition coefficient (Wildman–Crippen LogP) is 6.50. The zero-order chi connectivity index (χ0) is 31.7. The van der Waals surface area contributed by atoms with Crippen molar-refractivity contribution in [2.45, 2.75) is 38.5 Å². The van der Waals surface area contributed by atoms with Crippen LogP contribution in [0, 0.1) is 5.92 Å². The van der Waals surface area contributed by atoms with Crippen molar-refractivity contribution >= 4 is 54.9 Å². The molecule has 1 fully saturated rings. The molecule has 0 bridgehead atoms. The first-order chi connectivity index (χ1) is 21.1. The summed E-state index contributed by atoms with van der Waals surface area (Å²) in [6.45, 7) is 8.24. The fraction of sp³-hybridized carbons (Fsp3) is 0.375. The second-order valence-corrected chi connectivity index (χ2v) is 14.6. The lowest BCUT2D eigenvalue weighted by molar-refractivity contribution is -0.144. The first kappa shape index (κ1) is 33.7. The molecule has 1 saturated heterocycles. The largest absolute Gasteiger partial charge is 0.479 e. The van der Waals surface area contributed by atoms with E-state index in [1.165, 1.54) is 17.4 Å². The number of rotatable bonds is 14. The van der Waals surface area contributed by atoms with Gasteiger partial charge in [0.25, 0.3) is 0 Å². The van der Waals surface area contributed by atoms with Gasteiger partial charge >= 0.3 is 11.9 Å². The summed E-state index contributed by atoms with van der Waals surface area (Å²) in [6, 6.07) is 17.1. The molecule has 0 saturated carbocycles. The summed E-state index contributed by atoms with van der Waals surface area (Å²) in [5.74, 6) is -0.752. The maximum Gasteiger partial charge on any atom is 0.352 e. The van der Waals surface area contributed by atoms with Crippen LogP contribution in [0.4, 0.5) is 5.69 Å². The number of hydrogen-bond donors (Lipinski definition) is 1. The minimum atomic E-state index is -3.39. The van der Waals surface area contributed by atoms with E-state index < -0.39 is 22.0 Å². The van der Waals surface area contributed by atoms with E-state index in [4.69, 9.17) is 14.2 Å². The van der Waals surface area contributed by atoms with Gasteiger partial charge in [-0.1, -0.05) is 69.0 Å². The van der Waals surface area contributed by atoms with Crippen molar-refractivity contribution in [2.75, 3.05) is 38.2 Å². The van der Waals surface area contributed by atoms with Gasteiger partial charge in [0.05, 0.1) is 21.7 Å². The van der Waals surface area contributed by atoms with E-state index in [1.807, 2.05) is 68.4 Å². The van der Waals surface area contributed by atoms with Crippen LogP contribution in [0.2, 0.25) is 0 Å². The fourth-order valence-electron chi connectivity index (χ4n) is 4.62. The average molecular weight is 706 g/mol. The second kappa shape index (κ2) is 15.7. The monoisotopic (exact) mass is 704 g/mol. The maximum absolute atomic E-state index is 13.0. The molecule has 0 unspecified atom stereocenters. The Hall–Kier alpha value is -3.19. The van der Waals surface area contributed by atoms with Crippen molar-refractivity contribution < 1.29 is 32.2 Å². The van der Waals surface area contributed by atoms with Crippen molar-refractivity contribution in [3.8, 4) is 16.2 Å². The summed E-state index contributed by atoms with van der Waals surface area (Å²) >= 11 is 4.80. The summed E-state index contributed by atoms with van der Waals surface area (Å²) in [7, 11) is -3.39. The van der Waals surface area contributed by atoms with Crippen LogP contribution in [-0.2, 0) is 30.0 Å². The molecule has 12 heteroatoms. The van der Waals surface area contributed by atoms with Gasteiger partial charge in [0, 0.05) is 24.8 Å². The van der Waals surface area contributed by atoms with E-state index in [-0.39, 0.29) is 48.2 Å². The van der Waals surface area contributed by atoms with Crippen LogP contribution in [0.15, 0.2) is 71.7 Å². The van der Waals surface area contributed by atoms with Crippen LogP contribution in [0.1, 0.15) is 41.9 Å². The zero-order valence-corrected chi connectivity index (χ0v) is 28.0. The summed E-state index contributed by atoms with van der Waals surface area (Å²) < 4.78 is 44.3. The summed E-state index contributed by atoms with van der Waals surface area (Å²) in [6.07, 6.45) is 2.81. The molecule has 1 aliphatic rings. The SMILES string of the molecule is C=CCOC(=O)COc1c(C(=O)OCC(C)C)sc(-c2cccc(NC3CCN(S(=O)(=O)Cc4ccccc4)CC3)c2)c1Br. The maximum atomic E-state index is 13.0. The van der Waals surface area contributed by atoms with Crippen molar-refractivity contribution in [3.05, 3.63) is 82.2 Å². The number of halogens is 1. The first-order valence-corrected chi connectivity index (χ1v) is 17.6. The van der Waals surface area contributed by atoms with E-state index in [2.05, 4.69) is 27.8 Å². The highest BCUT2D eigenvalue weighted by atomic mass is 79.9. The Morgan fingerprint density at radius 2 is 1.84 bits per heavy atom. The van der Waals surface area contributed by atoms with E-state index in [1.54, 1.807) is 4.31 Å². The lowest BCUT2D eigenvalue weighted by Crippen LogP contribution is -2.42. The van der Waals surface area contributed by atoms with Crippen LogP contribution >= 0.6 is 27.3 Å². The molecular weight excluding hydrogens is 668 g/mol. The highest BCUT2D eigenvalue weighted by Gasteiger charge is 2.29. The number of sulfonamides is 1. The van der Waals surface area contributed by atoms with E-state index in [9.17, 15) is 18.0 Å². The number of hydrogen-bond acceptors (Lipinski definition) is 9. The smallest absolute Gasteiger partial charge is 0.352 e. The lowest BCUT2D eigenvalue weighted by atomic mass is 10.1. The average Bonchev–Trinajstić information content (AvgIpc) is 3.34. The molecule has 2 aromatic carbocycles. The summed E-state index contributed by atoms with van der Waals surface area (Å²) in [5.41, 5.74) is 2.48. The van der Waals surface area contributed by atoms with Crippen LogP contribution in [0.5, 0.6) is 5.75 Å². The molecule has 0 atom stereocenters. The van der Waals surface area contributed by atoms with Crippen LogP contribution in [0.3, 0.4) is 0 Å². The zero-order valence-electron chi connectivity index (χ0n) is 24.8. The third-order valence-electron chi connectivity index (χ3n) is 6.77. The number of thiophene rings is 1. The Morgan fingerprint density at radius 3 is 2.52 bits per heavy atom. The van der Waals surface area contributed by atoms with Gasteiger partial charge in [-0.05, 0) is 57.9 Å². The van der Waals surface area contributed by atoms with Crippen molar-refractivity contribution in [2.24, 2.45) is 5.92 Å². The molecule has 3 aromatic rings. The molecule has 1 N–H and O–H groups in total. The molecule has 4 rings (SSSR count). The molecule has 0 radical (unpaired) electrons. The minimum Gasteiger partial charge on any atom is -0.479 e. The van der Waals surface area contributed by atoms with Gasteiger partial charge in [-0.3, -0.25) is 0 Å². The number of esters is 2. The van der Waals surface area contributed by atoms with Gasteiger partial charge in [-0.25, -0.2) is 22.3 Å². The number of carbonyl (C=O) groups excluding carboxylic acids is 2. The van der Waals surface area contributed by atoms with Crippen LogP contribution in [0.25, 0.3) is 10.4 Å². The fourth-order valence-corrected chi connectivity index (χ4v) is 8.12. The summed E-state index contributed by atoms with van der Waals surface area (Å²) in [4.78, 5) is 26.1. The Kier molecular flexibility index (Phi) is 12.0. The first-order valence-electron chi connectivity index (χ1n) is 14.3. The molecule has 0 amide bonds. The number of benzene rings is 2. The van der Waals surface area contributed by atoms with Gasteiger partial charge in [0.2, 0.25) is 10.0 Å². The Balaban J connectivity index is 1.46. The number of piperidine rings is 1. The number of nitrogens with zero attached hydrogens (tertiary/aromatic N) is 1. The Labute approximate surface area is 271 Å². The molecule has 9 nitrogen and oxygen atoms in total. The van der Waals surface area contributed by atoms with E-state index in [0.717, 1.165) is 21.7 Å². The second-order valence-electron chi connectivity index (χ2n) is 10.8. The summed E-state index contributed by atoms with van der Waals surface area (Å²) in [5, 5.41) is 3.54. The highest BCUT2D eigenvalue weighted by Crippen LogP contribution is 2.46. The molecule has 44 heavy (non-hydrogen) atoms. The number of ether oxygens (including phenoxy) is 3. The third kappa shape index (κ3) is 9.16. The third-order valence-corrected chi connectivity index (χ3v) is 10.8. The van der Waals surface area contributed by atoms with Crippen molar-refractivity contribution in [1.29, 1.82) is 0 Å². The van der Waals surface area contributed by atoms with E-state index in [0.29, 0.717) is 30.4 Å². The molecule has 1 aliphatic heterocycles. The van der Waals surface area contributed by atoms with Crippen molar-refractivity contribution in [3.63, 3.8) is 0 Å². The molecule has 2 heterocycles. The molecule has 236 valence electrons. The predicted molar refractivity (Wildman–Crippen MR) is 177 cm³/mol. The quantitative estimate of drug-likeness (QED) is 0.150. The highest BCUT2D eigenvalue weighted by molar-refractivity contribution is 9.10. The molecular formula is C32H37BrN2O7S2. The van der Waals surface area contributed by atoms with Gasteiger partial charge in [0.1, 0.15) is 6.61 Å². The van der Waals surface area contributed by atoms with Gasteiger partial charge in [-0.15, -0.1) is 11.3 Å².